The summed E-state index contributed by atoms with van der Waals surface area (Å²) in [5.41, 5.74) is 5.71. The lowest BCUT2D eigenvalue weighted by Crippen LogP contribution is -2.31. The molecule has 1 heterocycles. The molecule has 0 saturated carbocycles. The molecule has 2 nitrogen and oxygen atoms in total. The molecule has 1 aliphatic rings. The number of nitrogens with two attached hydrogens (primary N) is 1. The second-order valence-electron chi connectivity index (χ2n) is 4.37. The van der Waals surface area contributed by atoms with Gasteiger partial charge in [0.2, 0.25) is 0 Å². The predicted octanol–water partition coefficient (Wildman–Crippen LogP) is 1.64. The number of rotatable bonds is 5. The fourth-order valence-electron chi connectivity index (χ4n) is 1.85. The van der Waals surface area contributed by atoms with Crippen LogP contribution >= 0.6 is 0 Å². The van der Waals surface area contributed by atoms with E-state index in [2.05, 4.69) is 13.8 Å². The third-order valence-corrected chi connectivity index (χ3v) is 2.51. The molecule has 1 saturated heterocycles. The highest BCUT2D eigenvalue weighted by molar-refractivity contribution is 4.72. The molecule has 0 aromatic rings. The van der Waals surface area contributed by atoms with Crippen LogP contribution in [0.4, 0.5) is 0 Å². The van der Waals surface area contributed by atoms with Crippen LogP contribution < -0.4 is 5.73 Å². The van der Waals surface area contributed by atoms with E-state index in [-0.39, 0.29) is 0 Å². The zero-order valence-corrected chi connectivity index (χ0v) is 8.25. The number of ether oxygens (including phenoxy) is 1. The summed E-state index contributed by atoms with van der Waals surface area (Å²) in [6, 6.07) is 0. The van der Waals surface area contributed by atoms with Crippen molar-refractivity contribution in [3.63, 3.8) is 0 Å². The van der Waals surface area contributed by atoms with Crippen molar-refractivity contribution in [3.05, 3.63) is 0 Å². The summed E-state index contributed by atoms with van der Waals surface area (Å²) in [6.07, 6.45) is 2.54. The maximum absolute atomic E-state index is 5.71. The standard InChI is InChI=1S/C10H21NO/c1-8(2)3-9(5-11)4-10-6-12-7-10/h8-10H,3-7,11H2,1-2H3. The van der Waals surface area contributed by atoms with Gasteiger partial charge in [-0.3, -0.25) is 0 Å². The molecule has 0 aliphatic carbocycles. The molecule has 2 N–H and O–H groups in total. The SMILES string of the molecule is CC(C)CC(CN)CC1COC1. The summed E-state index contributed by atoms with van der Waals surface area (Å²) in [4.78, 5) is 0. The summed E-state index contributed by atoms with van der Waals surface area (Å²) in [5, 5.41) is 0. The Bertz CT molecular complexity index is 121. The van der Waals surface area contributed by atoms with Crippen molar-refractivity contribution in [1.82, 2.24) is 0 Å². The highest BCUT2D eigenvalue weighted by atomic mass is 16.5. The van der Waals surface area contributed by atoms with E-state index >= 15 is 0 Å². The maximum Gasteiger partial charge on any atom is 0.0516 e. The molecule has 0 aromatic heterocycles. The van der Waals surface area contributed by atoms with Gasteiger partial charge in [0.1, 0.15) is 0 Å². The van der Waals surface area contributed by atoms with E-state index in [4.69, 9.17) is 10.5 Å². The zero-order chi connectivity index (χ0) is 8.97. The van der Waals surface area contributed by atoms with Gasteiger partial charge in [-0.05, 0) is 31.2 Å². The van der Waals surface area contributed by atoms with Crippen molar-refractivity contribution in [1.29, 1.82) is 0 Å². The van der Waals surface area contributed by atoms with E-state index in [1.165, 1.54) is 12.8 Å². The molecule has 1 rings (SSSR count). The fourth-order valence-corrected chi connectivity index (χ4v) is 1.85. The van der Waals surface area contributed by atoms with Crippen LogP contribution in [0.15, 0.2) is 0 Å². The van der Waals surface area contributed by atoms with Crippen LogP contribution in [0, 0.1) is 17.8 Å². The first-order chi connectivity index (χ1) is 5.72. The Morgan fingerprint density at radius 2 is 2.08 bits per heavy atom. The highest BCUT2D eigenvalue weighted by Crippen LogP contribution is 2.23. The molecule has 2 heteroatoms. The topological polar surface area (TPSA) is 35.2 Å². The Labute approximate surface area is 75.5 Å². The number of hydrogen-bond acceptors (Lipinski definition) is 2. The normalized spacial score (nSPS) is 21.0. The van der Waals surface area contributed by atoms with Crippen molar-refractivity contribution in [2.45, 2.75) is 26.7 Å². The maximum atomic E-state index is 5.71. The van der Waals surface area contributed by atoms with E-state index < -0.39 is 0 Å². The van der Waals surface area contributed by atoms with Gasteiger partial charge in [0.15, 0.2) is 0 Å². The molecule has 1 atom stereocenters. The van der Waals surface area contributed by atoms with Gasteiger partial charge in [0.05, 0.1) is 13.2 Å². The molecular formula is C10H21NO. The summed E-state index contributed by atoms with van der Waals surface area (Å²) in [5.74, 6) is 2.30. The molecule has 1 fully saturated rings. The monoisotopic (exact) mass is 171 g/mol. The summed E-state index contributed by atoms with van der Waals surface area (Å²) >= 11 is 0. The van der Waals surface area contributed by atoms with Crippen LogP contribution in [0.5, 0.6) is 0 Å². The van der Waals surface area contributed by atoms with Gasteiger partial charge in [-0.25, -0.2) is 0 Å². The first-order valence-corrected chi connectivity index (χ1v) is 5.00. The number of hydrogen-bond donors (Lipinski definition) is 1. The third kappa shape index (κ3) is 3.11. The van der Waals surface area contributed by atoms with Crippen LogP contribution in [0.25, 0.3) is 0 Å². The quantitative estimate of drug-likeness (QED) is 0.682. The second kappa shape index (κ2) is 4.83. The van der Waals surface area contributed by atoms with Crippen LogP contribution in [-0.4, -0.2) is 19.8 Å². The van der Waals surface area contributed by atoms with Gasteiger partial charge >= 0.3 is 0 Å². The van der Waals surface area contributed by atoms with E-state index in [9.17, 15) is 0 Å². The van der Waals surface area contributed by atoms with E-state index in [1.54, 1.807) is 0 Å². The molecule has 0 radical (unpaired) electrons. The van der Waals surface area contributed by atoms with Crippen molar-refractivity contribution >= 4 is 0 Å². The molecule has 1 aliphatic heterocycles. The lowest BCUT2D eigenvalue weighted by Gasteiger charge is -2.30. The van der Waals surface area contributed by atoms with Crippen LogP contribution in [0.3, 0.4) is 0 Å². The lowest BCUT2D eigenvalue weighted by molar-refractivity contribution is -0.0430. The minimum absolute atomic E-state index is 0.721. The smallest absolute Gasteiger partial charge is 0.0516 e. The van der Waals surface area contributed by atoms with Gasteiger partial charge in [0.25, 0.3) is 0 Å². The Balaban J connectivity index is 2.15. The summed E-state index contributed by atoms with van der Waals surface area (Å²) < 4.78 is 5.14. The van der Waals surface area contributed by atoms with Crippen molar-refractivity contribution < 1.29 is 4.74 Å². The van der Waals surface area contributed by atoms with Gasteiger partial charge < -0.3 is 10.5 Å². The summed E-state index contributed by atoms with van der Waals surface area (Å²) in [6.45, 7) is 7.30. The minimum Gasteiger partial charge on any atom is -0.381 e. The van der Waals surface area contributed by atoms with E-state index in [0.29, 0.717) is 0 Å². The first kappa shape index (κ1) is 10.0. The largest absolute Gasteiger partial charge is 0.381 e. The van der Waals surface area contributed by atoms with E-state index in [1.807, 2.05) is 0 Å². The second-order valence-corrected chi connectivity index (χ2v) is 4.37. The third-order valence-electron chi connectivity index (χ3n) is 2.51. The van der Waals surface area contributed by atoms with Gasteiger partial charge in [-0.2, -0.15) is 0 Å². The Morgan fingerprint density at radius 1 is 1.42 bits per heavy atom. The van der Waals surface area contributed by atoms with Crippen LogP contribution in [0.1, 0.15) is 26.7 Å². The minimum atomic E-state index is 0.721. The van der Waals surface area contributed by atoms with Crippen molar-refractivity contribution in [2.24, 2.45) is 23.5 Å². The predicted molar refractivity (Wildman–Crippen MR) is 50.9 cm³/mol. The molecule has 72 valence electrons. The Hall–Kier alpha value is -0.0800. The molecule has 1 unspecified atom stereocenters. The molecular weight excluding hydrogens is 150 g/mol. The van der Waals surface area contributed by atoms with Crippen molar-refractivity contribution in [2.75, 3.05) is 19.8 Å². The van der Waals surface area contributed by atoms with Crippen LogP contribution in [0.2, 0.25) is 0 Å². The first-order valence-electron chi connectivity index (χ1n) is 5.00. The fraction of sp³-hybridized carbons (Fsp3) is 1.00. The highest BCUT2D eigenvalue weighted by Gasteiger charge is 2.22. The van der Waals surface area contributed by atoms with Crippen molar-refractivity contribution in [3.8, 4) is 0 Å². The molecule has 0 spiro atoms. The van der Waals surface area contributed by atoms with Gasteiger partial charge in [0, 0.05) is 5.92 Å². The Morgan fingerprint density at radius 3 is 2.42 bits per heavy atom. The molecule has 0 amide bonds. The average molecular weight is 171 g/mol. The van der Waals surface area contributed by atoms with Crippen LogP contribution in [-0.2, 0) is 4.74 Å². The lowest BCUT2D eigenvalue weighted by atomic mass is 9.87. The average Bonchev–Trinajstić information content (AvgIpc) is 1.93. The van der Waals surface area contributed by atoms with Gasteiger partial charge in [-0.1, -0.05) is 13.8 Å². The molecule has 0 aromatic carbocycles. The van der Waals surface area contributed by atoms with Gasteiger partial charge in [-0.15, -0.1) is 0 Å². The molecule has 0 bridgehead atoms. The summed E-state index contributed by atoms with van der Waals surface area (Å²) in [7, 11) is 0. The van der Waals surface area contributed by atoms with E-state index in [0.717, 1.165) is 37.5 Å². The Kier molecular flexibility index (Phi) is 4.02. The zero-order valence-electron chi connectivity index (χ0n) is 8.25. The molecule has 12 heavy (non-hydrogen) atoms.